The van der Waals surface area contributed by atoms with Gasteiger partial charge in [0.25, 0.3) is 11.1 Å². The molecule has 0 aromatic heterocycles. The molecular formula is C20H22F3NO3S. The highest BCUT2D eigenvalue weighted by atomic mass is 32.2. The van der Waals surface area contributed by atoms with E-state index in [0.717, 1.165) is 62.4 Å². The zero-order chi connectivity index (χ0) is 20.5. The number of rotatable bonds is 3. The van der Waals surface area contributed by atoms with Gasteiger partial charge in [-0.05, 0) is 53.8 Å². The molecule has 28 heavy (non-hydrogen) atoms. The molecule has 2 fully saturated rings. The Morgan fingerprint density at radius 3 is 2.43 bits per heavy atom. The molecule has 0 atom stereocenters. The number of phenols is 1. The Hall–Kier alpha value is -1.96. The summed E-state index contributed by atoms with van der Waals surface area (Å²) in [5.74, 6) is -1.35. The average molecular weight is 413 g/mol. The molecule has 1 aliphatic heterocycles. The average Bonchev–Trinajstić information content (AvgIpc) is 2.77. The predicted molar refractivity (Wildman–Crippen MR) is 102 cm³/mol. The highest BCUT2D eigenvalue weighted by Crippen LogP contribution is 2.41. The second-order valence-corrected chi connectivity index (χ2v) is 8.76. The summed E-state index contributed by atoms with van der Waals surface area (Å²) in [6, 6.07) is 2.99. The highest BCUT2D eigenvalue weighted by Gasteiger charge is 2.40. The van der Waals surface area contributed by atoms with Gasteiger partial charge < -0.3 is 5.11 Å². The van der Waals surface area contributed by atoms with E-state index >= 15 is 0 Å². The number of halogens is 3. The third-order valence-electron chi connectivity index (χ3n) is 5.35. The maximum absolute atomic E-state index is 13.0. The van der Waals surface area contributed by atoms with Crippen molar-refractivity contribution in [3.63, 3.8) is 0 Å². The molecule has 2 aliphatic rings. The molecule has 1 aromatic rings. The van der Waals surface area contributed by atoms with Crippen LogP contribution in [0.5, 0.6) is 5.75 Å². The van der Waals surface area contributed by atoms with Crippen LogP contribution in [0.15, 0.2) is 23.1 Å². The van der Waals surface area contributed by atoms with E-state index in [9.17, 15) is 27.9 Å². The van der Waals surface area contributed by atoms with Crippen molar-refractivity contribution >= 4 is 29.0 Å². The minimum atomic E-state index is -4.71. The summed E-state index contributed by atoms with van der Waals surface area (Å²) in [7, 11) is 0. The van der Waals surface area contributed by atoms with E-state index in [4.69, 9.17) is 0 Å². The van der Waals surface area contributed by atoms with Gasteiger partial charge in [-0.3, -0.25) is 14.5 Å². The first kappa shape index (κ1) is 20.8. The second-order valence-electron chi connectivity index (χ2n) is 7.77. The minimum absolute atomic E-state index is 0.0982. The van der Waals surface area contributed by atoms with Crippen LogP contribution in [0.2, 0.25) is 0 Å². The Bertz CT molecular complexity index is 811. The summed E-state index contributed by atoms with van der Waals surface area (Å²) in [5, 5.41) is 9.03. The normalized spacial score (nSPS) is 22.0. The standard InChI is InChI=1S/C20H22F3NO3S/c1-19(8-4-2-3-5-9-19)12-24-17(26)16(28-18(24)27)11-13-6-7-15(25)14(10-13)20(21,22)23/h6-7,10-11,25H,2-5,8-9,12H2,1H3/b16-11-. The molecule has 2 amide bonds. The van der Waals surface area contributed by atoms with Crippen molar-refractivity contribution in [3.05, 3.63) is 34.2 Å². The van der Waals surface area contributed by atoms with Crippen molar-refractivity contribution in [2.24, 2.45) is 5.41 Å². The Morgan fingerprint density at radius 1 is 1.18 bits per heavy atom. The van der Waals surface area contributed by atoms with Crippen LogP contribution in [0.1, 0.15) is 56.6 Å². The molecular weight excluding hydrogens is 391 g/mol. The molecule has 1 saturated carbocycles. The molecule has 1 aliphatic carbocycles. The number of imide groups is 1. The number of benzene rings is 1. The smallest absolute Gasteiger partial charge is 0.419 e. The quantitative estimate of drug-likeness (QED) is 0.502. The van der Waals surface area contributed by atoms with Crippen LogP contribution in [0.25, 0.3) is 6.08 Å². The Labute approximate surface area is 165 Å². The minimum Gasteiger partial charge on any atom is -0.507 e. The van der Waals surface area contributed by atoms with Gasteiger partial charge in [-0.1, -0.05) is 38.7 Å². The largest absolute Gasteiger partial charge is 0.507 e. The Morgan fingerprint density at radius 2 is 1.82 bits per heavy atom. The molecule has 0 unspecified atom stereocenters. The van der Waals surface area contributed by atoms with E-state index in [-0.39, 0.29) is 15.9 Å². The number of amides is 2. The van der Waals surface area contributed by atoms with E-state index in [0.29, 0.717) is 6.54 Å². The van der Waals surface area contributed by atoms with Crippen molar-refractivity contribution in [2.75, 3.05) is 6.54 Å². The maximum Gasteiger partial charge on any atom is 0.419 e. The van der Waals surface area contributed by atoms with Crippen LogP contribution in [0, 0.1) is 5.41 Å². The molecule has 1 heterocycles. The number of hydrogen-bond donors (Lipinski definition) is 1. The fraction of sp³-hybridized carbons (Fsp3) is 0.500. The summed E-state index contributed by atoms with van der Waals surface area (Å²) in [6.07, 6.45) is 2.89. The fourth-order valence-electron chi connectivity index (χ4n) is 3.78. The summed E-state index contributed by atoms with van der Waals surface area (Å²) in [6.45, 7) is 2.42. The van der Waals surface area contributed by atoms with Crippen LogP contribution in [0.3, 0.4) is 0 Å². The van der Waals surface area contributed by atoms with Crippen molar-refractivity contribution in [1.29, 1.82) is 0 Å². The monoisotopic (exact) mass is 413 g/mol. The topological polar surface area (TPSA) is 57.6 Å². The number of nitrogens with zero attached hydrogens (tertiary/aromatic N) is 1. The number of hydrogen-bond acceptors (Lipinski definition) is 4. The number of phenolic OH excluding ortho intramolecular Hbond substituents is 1. The molecule has 0 bridgehead atoms. The van der Waals surface area contributed by atoms with E-state index in [2.05, 4.69) is 6.92 Å². The van der Waals surface area contributed by atoms with Gasteiger partial charge in [-0.25, -0.2) is 0 Å². The molecule has 0 radical (unpaired) electrons. The molecule has 1 N–H and O–H groups in total. The first-order valence-corrected chi connectivity index (χ1v) is 10.1. The lowest BCUT2D eigenvalue weighted by Crippen LogP contribution is -2.38. The van der Waals surface area contributed by atoms with Gasteiger partial charge in [0.2, 0.25) is 0 Å². The van der Waals surface area contributed by atoms with Gasteiger partial charge in [0.05, 0.1) is 10.5 Å². The van der Waals surface area contributed by atoms with Crippen molar-refractivity contribution in [1.82, 2.24) is 4.90 Å². The molecule has 4 nitrogen and oxygen atoms in total. The Balaban J connectivity index is 1.81. The lowest BCUT2D eigenvalue weighted by Gasteiger charge is -2.31. The second kappa shape index (κ2) is 7.81. The number of carbonyl (C=O) groups is 2. The van der Waals surface area contributed by atoms with Crippen LogP contribution in [-0.4, -0.2) is 27.7 Å². The van der Waals surface area contributed by atoms with Gasteiger partial charge >= 0.3 is 6.18 Å². The summed E-state index contributed by atoms with van der Waals surface area (Å²) >= 11 is 0.741. The number of carbonyl (C=O) groups excluding carboxylic acids is 2. The van der Waals surface area contributed by atoms with Crippen molar-refractivity contribution in [2.45, 2.75) is 51.6 Å². The Kier molecular flexibility index (Phi) is 5.79. The predicted octanol–water partition coefficient (Wildman–Crippen LogP) is 5.81. The van der Waals surface area contributed by atoms with E-state index in [1.807, 2.05) is 0 Å². The zero-order valence-electron chi connectivity index (χ0n) is 15.5. The molecule has 0 spiro atoms. The number of alkyl halides is 3. The van der Waals surface area contributed by atoms with Crippen LogP contribution >= 0.6 is 11.8 Å². The maximum atomic E-state index is 13.0. The summed E-state index contributed by atoms with van der Waals surface area (Å²) in [5.41, 5.74) is -1.19. The summed E-state index contributed by atoms with van der Waals surface area (Å²) < 4.78 is 38.9. The fourth-order valence-corrected chi connectivity index (χ4v) is 4.62. The van der Waals surface area contributed by atoms with Gasteiger partial charge in [-0.15, -0.1) is 0 Å². The molecule has 3 rings (SSSR count). The van der Waals surface area contributed by atoms with Crippen LogP contribution < -0.4 is 0 Å². The van der Waals surface area contributed by atoms with Crippen molar-refractivity contribution < 1.29 is 27.9 Å². The SMILES string of the molecule is CC1(CN2C(=O)S/C(=C\c3ccc(O)c(C(F)(F)F)c3)C2=O)CCCCCC1. The van der Waals surface area contributed by atoms with Gasteiger partial charge in [0.15, 0.2) is 0 Å². The number of aromatic hydroxyl groups is 1. The number of thioether (sulfide) groups is 1. The highest BCUT2D eigenvalue weighted by molar-refractivity contribution is 8.18. The van der Waals surface area contributed by atoms with Crippen LogP contribution in [0.4, 0.5) is 18.0 Å². The lowest BCUT2D eigenvalue weighted by atomic mass is 9.82. The molecule has 152 valence electrons. The van der Waals surface area contributed by atoms with Gasteiger partial charge in [-0.2, -0.15) is 13.2 Å². The van der Waals surface area contributed by atoms with Gasteiger partial charge in [0, 0.05) is 6.54 Å². The van der Waals surface area contributed by atoms with E-state index < -0.39 is 28.6 Å². The van der Waals surface area contributed by atoms with Crippen molar-refractivity contribution in [3.8, 4) is 5.75 Å². The molecule has 8 heteroatoms. The van der Waals surface area contributed by atoms with Gasteiger partial charge in [0.1, 0.15) is 5.75 Å². The van der Waals surface area contributed by atoms with Crippen LogP contribution in [-0.2, 0) is 11.0 Å². The van der Waals surface area contributed by atoms with E-state index in [1.165, 1.54) is 17.0 Å². The summed E-state index contributed by atoms with van der Waals surface area (Å²) in [4.78, 5) is 26.4. The zero-order valence-corrected chi connectivity index (χ0v) is 16.3. The van der Waals surface area contributed by atoms with E-state index in [1.54, 1.807) is 0 Å². The lowest BCUT2D eigenvalue weighted by molar-refractivity contribution is -0.138. The molecule has 1 aromatic carbocycles. The third-order valence-corrected chi connectivity index (χ3v) is 6.26. The third kappa shape index (κ3) is 4.54. The molecule has 1 saturated heterocycles. The first-order chi connectivity index (χ1) is 13.1. The first-order valence-electron chi connectivity index (χ1n) is 9.25.